The van der Waals surface area contributed by atoms with Gasteiger partial charge in [0.25, 0.3) is 5.91 Å². The molecule has 0 aliphatic heterocycles. The van der Waals surface area contributed by atoms with E-state index in [1.165, 1.54) is 0 Å². The number of rotatable bonds is 5. The SMILES string of the molecule is NS(=O)(=O)c1cc(Cl)c(F)c(C(=O)NCCCF)c1. The normalized spacial score (nSPS) is 11.4. The van der Waals surface area contributed by atoms with Gasteiger partial charge >= 0.3 is 0 Å². The summed E-state index contributed by atoms with van der Waals surface area (Å²) >= 11 is 5.50. The van der Waals surface area contributed by atoms with Gasteiger partial charge in [0.05, 0.1) is 22.2 Å². The summed E-state index contributed by atoms with van der Waals surface area (Å²) in [5.41, 5.74) is -0.560. The van der Waals surface area contributed by atoms with Crippen LogP contribution < -0.4 is 10.5 Å². The van der Waals surface area contributed by atoms with Gasteiger partial charge in [-0.05, 0) is 18.6 Å². The van der Waals surface area contributed by atoms with Crippen LogP contribution in [0, 0.1) is 5.82 Å². The van der Waals surface area contributed by atoms with E-state index >= 15 is 0 Å². The number of alkyl halides is 1. The van der Waals surface area contributed by atoms with E-state index in [1.54, 1.807) is 0 Å². The molecule has 0 saturated carbocycles. The van der Waals surface area contributed by atoms with Crippen LogP contribution in [-0.2, 0) is 10.0 Å². The Bertz CT molecular complexity index is 593. The van der Waals surface area contributed by atoms with Gasteiger partial charge in [-0.25, -0.2) is 17.9 Å². The van der Waals surface area contributed by atoms with E-state index in [2.05, 4.69) is 5.32 Å². The van der Waals surface area contributed by atoms with Crippen LogP contribution in [0.5, 0.6) is 0 Å². The Hall–Kier alpha value is -1.25. The number of nitrogens with two attached hydrogens (primary N) is 1. The van der Waals surface area contributed by atoms with Gasteiger partial charge in [-0.3, -0.25) is 9.18 Å². The lowest BCUT2D eigenvalue weighted by molar-refractivity contribution is 0.0948. The number of hydrogen-bond acceptors (Lipinski definition) is 3. The van der Waals surface area contributed by atoms with Crippen LogP contribution in [0.15, 0.2) is 17.0 Å². The van der Waals surface area contributed by atoms with Crippen LogP contribution in [-0.4, -0.2) is 27.5 Å². The summed E-state index contributed by atoms with van der Waals surface area (Å²) in [4.78, 5) is 11.1. The predicted molar refractivity (Wildman–Crippen MR) is 65.7 cm³/mol. The van der Waals surface area contributed by atoms with Gasteiger partial charge in [0.15, 0.2) is 5.82 Å². The number of carbonyl (C=O) groups is 1. The zero-order valence-corrected chi connectivity index (χ0v) is 11.2. The molecule has 0 atom stereocenters. The molecule has 3 N–H and O–H groups in total. The second-order valence-corrected chi connectivity index (χ2v) is 5.58. The molecule has 9 heteroatoms. The van der Waals surface area contributed by atoms with Crippen molar-refractivity contribution in [2.45, 2.75) is 11.3 Å². The number of hydrogen-bond donors (Lipinski definition) is 2. The number of benzene rings is 1. The third kappa shape index (κ3) is 4.12. The van der Waals surface area contributed by atoms with Crippen molar-refractivity contribution in [3.8, 4) is 0 Å². The van der Waals surface area contributed by atoms with Crippen molar-refractivity contribution in [3.63, 3.8) is 0 Å². The highest BCUT2D eigenvalue weighted by molar-refractivity contribution is 7.89. The topological polar surface area (TPSA) is 89.3 Å². The Labute approximate surface area is 113 Å². The fraction of sp³-hybridized carbons (Fsp3) is 0.300. The molecular formula is C10H11ClF2N2O3S. The molecule has 0 aromatic heterocycles. The maximum Gasteiger partial charge on any atom is 0.254 e. The van der Waals surface area contributed by atoms with Crippen LogP contribution in [0.3, 0.4) is 0 Å². The lowest BCUT2D eigenvalue weighted by Gasteiger charge is -2.08. The van der Waals surface area contributed by atoms with E-state index in [4.69, 9.17) is 16.7 Å². The summed E-state index contributed by atoms with van der Waals surface area (Å²) in [5.74, 6) is -1.95. The molecule has 0 heterocycles. The first-order valence-corrected chi connectivity index (χ1v) is 7.06. The van der Waals surface area contributed by atoms with Gasteiger partial charge < -0.3 is 5.32 Å². The minimum atomic E-state index is -4.11. The van der Waals surface area contributed by atoms with E-state index < -0.39 is 43.9 Å². The molecule has 0 fully saturated rings. The molecule has 1 rings (SSSR count). The molecule has 106 valence electrons. The largest absolute Gasteiger partial charge is 0.352 e. The highest BCUT2D eigenvalue weighted by Crippen LogP contribution is 2.23. The van der Waals surface area contributed by atoms with Gasteiger partial charge in [0.2, 0.25) is 10.0 Å². The van der Waals surface area contributed by atoms with E-state index in [-0.39, 0.29) is 13.0 Å². The second-order valence-electron chi connectivity index (χ2n) is 3.61. The zero-order valence-electron chi connectivity index (χ0n) is 9.62. The van der Waals surface area contributed by atoms with Gasteiger partial charge in [-0.1, -0.05) is 11.6 Å². The zero-order chi connectivity index (χ0) is 14.6. The van der Waals surface area contributed by atoms with E-state index in [9.17, 15) is 22.0 Å². The van der Waals surface area contributed by atoms with Gasteiger partial charge in [-0.15, -0.1) is 0 Å². The number of amides is 1. The fourth-order valence-electron chi connectivity index (χ4n) is 1.26. The highest BCUT2D eigenvalue weighted by Gasteiger charge is 2.19. The van der Waals surface area contributed by atoms with Crippen LogP contribution in [0.4, 0.5) is 8.78 Å². The average Bonchev–Trinajstić information content (AvgIpc) is 2.31. The summed E-state index contributed by atoms with van der Waals surface area (Å²) < 4.78 is 47.8. The molecule has 0 unspecified atom stereocenters. The maximum absolute atomic E-state index is 13.6. The molecule has 0 aliphatic rings. The van der Waals surface area contributed by atoms with Crippen LogP contribution >= 0.6 is 11.6 Å². The molecule has 0 radical (unpaired) electrons. The Morgan fingerprint density at radius 1 is 1.42 bits per heavy atom. The van der Waals surface area contributed by atoms with Crippen molar-refractivity contribution in [3.05, 3.63) is 28.5 Å². The monoisotopic (exact) mass is 312 g/mol. The Morgan fingerprint density at radius 2 is 2.05 bits per heavy atom. The summed E-state index contributed by atoms with van der Waals surface area (Å²) in [7, 11) is -4.11. The minimum Gasteiger partial charge on any atom is -0.352 e. The van der Waals surface area contributed by atoms with Crippen LogP contribution in [0.25, 0.3) is 0 Å². The molecule has 0 aliphatic carbocycles. The van der Waals surface area contributed by atoms with Crippen LogP contribution in [0.2, 0.25) is 5.02 Å². The Balaban J connectivity index is 3.13. The summed E-state index contributed by atoms with van der Waals surface area (Å²) in [6.45, 7) is -0.646. The number of nitrogens with one attached hydrogen (secondary N) is 1. The highest BCUT2D eigenvalue weighted by atomic mass is 35.5. The summed E-state index contributed by atoms with van der Waals surface area (Å²) in [5, 5.41) is 6.57. The molecule has 0 spiro atoms. The summed E-state index contributed by atoms with van der Waals surface area (Å²) in [6, 6.07) is 1.59. The lowest BCUT2D eigenvalue weighted by Crippen LogP contribution is -2.26. The van der Waals surface area contributed by atoms with Crippen molar-refractivity contribution < 1.29 is 22.0 Å². The molecule has 1 aromatic rings. The minimum absolute atomic E-state index is 0.00794. The number of sulfonamides is 1. The first kappa shape index (κ1) is 15.8. The molecule has 1 aromatic carbocycles. The molecule has 1 amide bonds. The average molecular weight is 313 g/mol. The lowest BCUT2D eigenvalue weighted by atomic mass is 10.2. The Kier molecular flexibility index (Phi) is 5.21. The molecular weight excluding hydrogens is 302 g/mol. The number of carbonyl (C=O) groups excluding carboxylic acids is 1. The number of primary sulfonamides is 1. The third-order valence-electron chi connectivity index (χ3n) is 2.17. The van der Waals surface area contributed by atoms with E-state index in [1.807, 2.05) is 0 Å². The first-order chi connectivity index (χ1) is 8.77. The maximum atomic E-state index is 13.6. The van der Waals surface area contributed by atoms with Crippen molar-refractivity contribution in [1.82, 2.24) is 5.32 Å². The fourth-order valence-corrected chi connectivity index (χ4v) is 2.11. The number of halogens is 3. The van der Waals surface area contributed by atoms with Crippen molar-refractivity contribution in [1.29, 1.82) is 0 Å². The first-order valence-electron chi connectivity index (χ1n) is 5.13. The Morgan fingerprint density at radius 3 is 2.58 bits per heavy atom. The predicted octanol–water partition coefficient (Wildman–Crippen LogP) is 1.22. The molecule has 5 nitrogen and oxygen atoms in total. The van der Waals surface area contributed by atoms with Crippen molar-refractivity contribution in [2.75, 3.05) is 13.2 Å². The van der Waals surface area contributed by atoms with Crippen LogP contribution in [0.1, 0.15) is 16.8 Å². The van der Waals surface area contributed by atoms with Crippen molar-refractivity contribution in [2.24, 2.45) is 5.14 Å². The second kappa shape index (κ2) is 6.27. The quantitative estimate of drug-likeness (QED) is 0.801. The van der Waals surface area contributed by atoms with Gasteiger partial charge in [-0.2, -0.15) is 0 Å². The van der Waals surface area contributed by atoms with Gasteiger partial charge in [0.1, 0.15) is 0 Å². The van der Waals surface area contributed by atoms with Crippen molar-refractivity contribution >= 4 is 27.5 Å². The molecule has 19 heavy (non-hydrogen) atoms. The molecule has 0 bridgehead atoms. The van der Waals surface area contributed by atoms with E-state index in [0.717, 1.165) is 12.1 Å². The standard InChI is InChI=1S/C10H11ClF2N2O3S/c11-8-5-6(19(14,17)18)4-7(9(8)13)10(16)15-3-1-2-12/h4-5H,1-3H2,(H,15,16)(H2,14,17,18). The molecule has 0 saturated heterocycles. The van der Waals surface area contributed by atoms with Gasteiger partial charge in [0, 0.05) is 6.54 Å². The smallest absolute Gasteiger partial charge is 0.254 e. The summed E-state index contributed by atoms with van der Waals surface area (Å²) in [6.07, 6.45) is 0.0654. The van der Waals surface area contributed by atoms with E-state index in [0.29, 0.717) is 0 Å². The third-order valence-corrected chi connectivity index (χ3v) is 3.34.